The zero-order valence-corrected chi connectivity index (χ0v) is 15.1. The summed E-state index contributed by atoms with van der Waals surface area (Å²) in [5, 5.41) is 15.2. The summed E-state index contributed by atoms with van der Waals surface area (Å²) in [4.78, 5) is 20.9. The van der Waals surface area contributed by atoms with Crippen molar-refractivity contribution in [3.8, 4) is 5.75 Å². The van der Waals surface area contributed by atoms with Gasteiger partial charge in [-0.05, 0) is 40.2 Å². The molecule has 0 saturated heterocycles. The van der Waals surface area contributed by atoms with Crippen molar-refractivity contribution in [1.29, 1.82) is 0 Å². The van der Waals surface area contributed by atoms with Gasteiger partial charge in [0.05, 0.1) is 16.4 Å². The fourth-order valence-corrected chi connectivity index (χ4v) is 2.38. The highest BCUT2D eigenvalue weighted by Gasteiger charge is 2.11. The smallest absolute Gasteiger partial charge is 0.323 e. The predicted octanol–water partition coefficient (Wildman–Crippen LogP) is 4.13. The quantitative estimate of drug-likeness (QED) is 0.454. The molecule has 0 fully saturated rings. The zero-order chi connectivity index (χ0) is 18.3. The molecule has 7 nitrogen and oxygen atoms in total. The number of carbonyl (C=O) groups excluding carboxylic acids is 2. The van der Waals surface area contributed by atoms with Gasteiger partial charge in [0.2, 0.25) is 0 Å². The Kier molecular flexibility index (Phi) is 7.63. The molecule has 2 aromatic carbocycles. The number of rotatable bonds is 2. The lowest BCUT2D eigenvalue weighted by Gasteiger charge is -2.11. The van der Waals surface area contributed by atoms with Crippen LogP contribution in [0.2, 0.25) is 10.0 Å². The Bertz CT molecular complexity index is 755. The maximum Gasteiger partial charge on any atom is 0.323 e. The van der Waals surface area contributed by atoms with Crippen LogP contribution in [0, 0.1) is 0 Å². The minimum Gasteiger partial charge on any atom is -0.504 e. The largest absolute Gasteiger partial charge is 0.504 e. The molecule has 2 aromatic rings. The van der Waals surface area contributed by atoms with Crippen molar-refractivity contribution in [3.05, 3.63) is 50.9 Å². The molecule has 0 aromatic heterocycles. The second-order valence-corrected chi connectivity index (χ2v) is 5.94. The van der Waals surface area contributed by atoms with Crippen LogP contribution >= 0.6 is 39.1 Å². The number of carbonyl (C=O) groups is 2. The third-order valence-electron chi connectivity index (χ3n) is 2.40. The summed E-state index contributed by atoms with van der Waals surface area (Å²) in [7, 11) is 0. The van der Waals surface area contributed by atoms with Crippen molar-refractivity contribution in [3.63, 3.8) is 0 Å². The van der Waals surface area contributed by atoms with E-state index in [1.54, 1.807) is 18.2 Å². The van der Waals surface area contributed by atoms with Crippen LogP contribution in [0.1, 0.15) is 0 Å². The summed E-state index contributed by atoms with van der Waals surface area (Å²) < 4.78 is 0.739. The number of urea groups is 2. The van der Waals surface area contributed by atoms with E-state index < -0.39 is 12.1 Å². The Morgan fingerprint density at radius 1 is 1.04 bits per heavy atom. The van der Waals surface area contributed by atoms with Gasteiger partial charge in [0.15, 0.2) is 5.75 Å². The Labute approximate surface area is 156 Å². The number of amides is 4. The van der Waals surface area contributed by atoms with Gasteiger partial charge in [-0.1, -0.05) is 35.3 Å². The van der Waals surface area contributed by atoms with Crippen LogP contribution in [0.3, 0.4) is 0 Å². The number of nitrogens with two attached hydrogens (primary N) is 2. The van der Waals surface area contributed by atoms with Crippen LogP contribution in [0.5, 0.6) is 5.75 Å². The summed E-state index contributed by atoms with van der Waals surface area (Å²) in [6.07, 6.45) is 0. The summed E-state index contributed by atoms with van der Waals surface area (Å²) in [5.74, 6) is -0.238. The molecule has 24 heavy (non-hydrogen) atoms. The maximum atomic E-state index is 11.9. The van der Waals surface area contributed by atoms with Crippen molar-refractivity contribution < 1.29 is 14.7 Å². The molecule has 4 amide bonds. The molecule has 0 unspecified atom stereocenters. The number of phenolic OH excluding ortho intramolecular Hbond substituents is 1. The van der Waals surface area contributed by atoms with E-state index in [0.29, 0.717) is 10.7 Å². The molecule has 0 heterocycles. The summed E-state index contributed by atoms with van der Waals surface area (Å²) in [6, 6.07) is 8.57. The average molecular weight is 436 g/mol. The molecule has 0 bridgehead atoms. The third kappa shape index (κ3) is 6.53. The molecule has 2 rings (SSSR count). The molecule has 0 saturated carbocycles. The minimum absolute atomic E-state index is 0.0636. The van der Waals surface area contributed by atoms with Crippen molar-refractivity contribution >= 4 is 62.6 Å². The number of phenols is 1. The summed E-state index contributed by atoms with van der Waals surface area (Å²) in [6.45, 7) is 0. The van der Waals surface area contributed by atoms with E-state index in [2.05, 4.69) is 38.0 Å². The first-order valence-corrected chi connectivity index (χ1v) is 7.81. The molecule has 0 aliphatic carbocycles. The number of hydrogen-bond acceptors (Lipinski definition) is 3. The highest BCUT2D eigenvalue weighted by Crippen LogP contribution is 2.35. The number of hydrogen-bond donors (Lipinski definition) is 5. The number of anilines is 2. The van der Waals surface area contributed by atoms with Crippen molar-refractivity contribution in [2.45, 2.75) is 0 Å². The van der Waals surface area contributed by atoms with Crippen molar-refractivity contribution in [2.24, 2.45) is 11.5 Å². The van der Waals surface area contributed by atoms with E-state index in [1.165, 1.54) is 12.1 Å². The van der Waals surface area contributed by atoms with Crippen molar-refractivity contribution in [1.82, 2.24) is 0 Å². The molecular weight excluding hydrogens is 423 g/mol. The van der Waals surface area contributed by atoms with Crippen LogP contribution in [0.25, 0.3) is 0 Å². The second kappa shape index (κ2) is 9.21. The van der Waals surface area contributed by atoms with Gasteiger partial charge in [0.25, 0.3) is 0 Å². The standard InChI is InChI=1S/C13H9BrCl2N2O2.CH4N2O/c14-8-3-1-2-4-10(8)17-13(20)18-11-6-7(15)5-9(16)12(11)19;2-1(3)4/h1-6,19H,(H2,17,18,20);(H4,2,3,4). The molecule has 0 aliphatic rings. The Balaban J connectivity index is 0.000000648. The average Bonchev–Trinajstić information content (AvgIpc) is 2.46. The zero-order valence-electron chi connectivity index (χ0n) is 12.0. The van der Waals surface area contributed by atoms with E-state index in [-0.39, 0.29) is 16.5 Å². The molecular formula is C14H13BrCl2N4O3. The Morgan fingerprint density at radius 2 is 1.58 bits per heavy atom. The highest BCUT2D eigenvalue weighted by molar-refractivity contribution is 9.10. The fraction of sp³-hybridized carbons (Fsp3) is 0. The van der Waals surface area contributed by atoms with Gasteiger partial charge >= 0.3 is 12.1 Å². The van der Waals surface area contributed by atoms with Crippen LogP contribution < -0.4 is 22.1 Å². The van der Waals surface area contributed by atoms with Gasteiger partial charge in [-0.25, -0.2) is 9.59 Å². The Hall–Kier alpha value is -2.16. The molecule has 10 heteroatoms. The topological polar surface area (TPSA) is 130 Å². The lowest BCUT2D eigenvalue weighted by Crippen LogP contribution is -2.19. The molecule has 0 radical (unpaired) electrons. The lowest BCUT2D eigenvalue weighted by molar-refractivity contribution is 0.256. The fourth-order valence-electron chi connectivity index (χ4n) is 1.50. The Morgan fingerprint density at radius 3 is 2.17 bits per heavy atom. The predicted molar refractivity (Wildman–Crippen MR) is 98.7 cm³/mol. The van der Waals surface area contributed by atoms with Crippen LogP contribution in [-0.4, -0.2) is 17.2 Å². The molecule has 7 N–H and O–H groups in total. The van der Waals surface area contributed by atoms with E-state index in [0.717, 1.165) is 4.47 Å². The molecule has 0 spiro atoms. The molecule has 0 aliphatic heterocycles. The van der Waals surface area contributed by atoms with Gasteiger partial charge < -0.3 is 27.2 Å². The van der Waals surface area contributed by atoms with Gasteiger partial charge in [-0.2, -0.15) is 0 Å². The summed E-state index contributed by atoms with van der Waals surface area (Å²) in [5.41, 5.74) is 9.23. The monoisotopic (exact) mass is 434 g/mol. The SMILES string of the molecule is NC(N)=O.O=C(Nc1ccccc1Br)Nc1cc(Cl)cc(Cl)c1O. The normalized spacial score (nSPS) is 9.46. The lowest BCUT2D eigenvalue weighted by atomic mass is 10.3. The highest BCUT2D eigenvalue weighted by atomic mass is 79.9. The first-order valence-electron chi connectivity index (χ1n) is 6.26. The van der Waals surface area contributed by atoms with E-state index in [4.69, 9.17) is 28.0 Å². The maximum absolute atomic E-state index is 11.9. The van der Waals surface area contributed by atoms with Crippen molar-refractivity contribution in [2.75, 3.05) is 10.6 Å². The van der Waals surface area contributed by atoms with Gasteiger partial charge in [-0.15, -0.1) is 0 Å². The molecule has 0 atom stereocenters. The number of para-hydroxylation sites is 1. The van der Waals surface area contributed by atoms with Crippen LogP contribution in [0.15, 0.2) is 40.9 Å². The number of benzene rings is 2. The van der Waals surface area contributed by atoms with E-state index >= 15 is 0 Å². The second-order valence-electron chi connectivity index (χ2n) is 4.25. The van der Waals surface area contributed by atoms with Gasteiger partial charge in [-0.3, -0.25) is 0 Å². The first-order chi connectivity index (χ1) is 11.2. The number of aromatic hydroxyl groups is 1. The number of nitrogens with one attached hydrogen (secondary N) is 2. The third-order valence-corrected chi connectivity index (χ3v) is 3.60. The molecule has 128 valence electrons. The van der Waals surface area contributed by atoms with Gasteiger partial charge in [0, 0.05) is 9.50 Å². The first kappa shape index (κ1) is 19.9. The number of primary amides is 2. The minimum atomic E-state index is -0.833. The summed E-state index contributed by atoms with van der Waals surface area (Å²) >= 11 is 14.9. The van der Waals surface area contributed by atoms with Crippen LogP contribution in [0.4, 0.5) is 21.0 Å². The van der Waals surface area contributed by atoms with Gasteiger partial charge in [0.1, 0.15) is 0 Å². The van der Waals surface area contributed by atoms with Crippen LogP contribution in [-0.2, 0) is 0 Å². The van der Waals surface area contributed by atoms with E-state index in [1.807, 2.05) is 6.07 Å². The van der Waals surface area contributed by atoms with E-state index in [9.17, 15) is 9.90 Å². The number of halogens is 3.